The van der Waals surface area contributed by atoms with Gasteiger partial charge in [-0.05, 0) is 48.3 Å². The molecule has 1 saturated heterocycles. The highest BCUT2D eigenvalue weighted by atomic mass is 16.3. The molecular weight excluding hydrogens is 280 g/mol. The minimum absolute atomic E-state index is 0.0284. The van der Waals surface area contributed by atoms with Crippen LogP contribution in [0.1, 0.15) is 28.8 Å². The summed E-state index contributed by atoms with van der Waals surface area (Å²) in [5, 5.41) is 28.0. The molecule has 1 atom stereocenters. The summed E-state index contributed by atoms with van der Waals surface area (Å²) in [6, 6.07) is 8.61. The van der Waals surface area contributed by atoms with Crippen molar-refractivity contribution in [3.05, 3.63) is 58.6 Å². The second kappa shape index (κ2) is 5.57. The number of piperidine rings is 1. The van der Waals surface area contributed by atoms with Crippen LogP contribution in [0.3, 0.4) is 0 Å². The predicted molar refractivity (Wildman–Crippen MR) is 80.2 cm³/mol. The Morgan fingerprint density at radius 1 is 1.27 bits per heavy atom. The molecule has 1 amide bonds. The van der Waals surface area contributed by atoms with Crippen LogP contribution in [0, 0.1) is 17.2 Å². The average molecular weight is 296 g/mol. The fourth-order valence-electron chi connectivity index (χ4n) is 2.96. The number of amides is 1. The molecule has 22 heavy (non-hydrogen) atoms. The molecule has 0 saturated carbocycles. The molecule has 1 aromatic rings. The molecule has 1 aromatic carbocycles. The van der Waals surface area contributed by atoms with Gasteiger partial charge in [0.1, 0.15) is 5.76 Å². The van der Waals surface area contributed by atoms with Crippen molar-refractivity contribution in [3.63, 3.8) is 0 Å². The van der Waals surface area contributed by atoms with Crippen LogP contribution >= 0.6 is 0 Å². The highest BCUT2D eigenvalue weighted by molar-refractivity contribution is 5.94. The number of benzene rings is 1. The van der Waals surface area contributed by atoms with E-state index >= 15 is 0 Å². The predicted octanol–water partition coefficient (Wildman–Crippen LogP) is 2.68. The number of allylic oxidation sites excluding steroid dienone is 2. The van der Waals surface area contributed by atoms with Crippen molar-refractivity contribution in [1.82, 2.24) is 4.90 Å². The number of hydrogen-bond donors (Lipinski definition) is 2. The van der Waals surface area contributed by atoms with Gasteiger partial charge in [-0.1, -0.05) is 0 Å². The summed E-state index contributed by atoms with van der Waals surface area (Å²) >= 11 is 0. The lowest BCUT2D eigenvalue weighted by molar-refractivity contribution is 0.0730. The monoisotopic (exact) mass is 296 g/mol. The van der Waals surface area contributed by atoms with E-state index in [1.165, 1.54) is 0 Å². The fourth-order valence-corrected chi connectivity index (χ4v) is 2.96. The molecule has 5 heteroatoms. The summed E-state index contributed by atoms with van der Waals surface area (Å²) in [5.74, 6) is 0.0440. The van der Waals surface area contributed by atoms with Gasteiger partial charge in [-0.2, -0.15) is 5.26 Å². The van der Waals surface area contributed by atoms with Gasteiger partial charge < -0.3 is 15.1 Å². The molecule has 1 unspecified atom stereocenters. The van der Waals surface area contributed by atoms with Gasteiger partial charge in [0.2, 0.25) is 0 Å². The van der Waals surface area contributed by atoms with E-state index in [-0.39, 0.29) is 23.3 Å². The molecule has 1 heterocycles. The molecule has 0 spiro atoms. The Bertz CT molecular complexity index is 710. The molecule has 2 aliphatic rings. The van der Waals surface area contributed by atoms with Crippen LogP contribution < -0.4 is 0 Å². The van der Waals surface area contributed by atoms with Gasteiger partial charge in [0, 0.05) is 25.1 Å². The largest absolute Gasteiger partial charge is 0.508 e. The number of aliphatic hydroxyl groups is 2. The van der Waals surface area contributed by atoms with E-state index in [0.29, 0.717) is 30.6 Å². The molecule has 1 aliphatic heterocycles. The standard InChI is InChI=1S/C17H16N2O3/c18-9-11-1-3-12(4-2-11)17(22)19-6-5-13-7-15(20)16(21)8-14(13)10-19/h1-4,8,13,20-21H,5-7,10H2. The molecule has 5 nitrogen and oxygen atoms in total. The molecule has 0 radical (unpaired) electrons. The summed E-state index contributed by atoms with van der Waals surface area (Å²) in [6.45, 7) is 1.08. The van der Waals surface area contributed by atoms with Crippen molar-refractivity contribution in [3.8, 4) is 6.07 Å². The third-order valence-corrected chi connectivity index (χ3v) is 4.25. The van der Waals surface area contributed by atoms with Crippen molar-refractivity contribution in [1.29, 1.82) is 5.26 Å². The Hall–Kier alpha value is -2.74. The lowest BCUT2D eigenvalue weighted by atomic mass is 9.84. The highest BCUT2D eigenvalue weighted by Gasteiger charge is 2.31. The lowest BCUT2D eigenvalue weighted by Crippen LogP contribution is -2.40. The number of hydrogen-bond acceptors (Lipinski definition) is 4. The van der Waals surface area contributed by atoms with E-state index in [1.807, 2.05) is 6.07 Å². The van der Waals surface area contributed by atoms with Gasteiger partial charge in [-0.25, -0.2) is 0 Å². The third-order valence-electron chi connectivity index (χ3n) is 4.25. The molecule has 0 aromatic heterocycles. The summed E-state index contributed by atoms with van der Waals surface area (Å²) in [4.78, 5) is 14.2. The number of nitrogens with zero attached hydrogens (tertiary/aromatic N) is 2. The van der Waals surface area contributed by atoms with Gasteiger partial charge in [0.05, 0.1) is 11.6 Å². The third kappa shape index (κ3) is 2.56. The van der Waals surface area contributed by atoms with Gasteiger partial charge in [-0.3, -0.25) is 4.79 Å². The van der Waals surface area contributed by atoms with Crippen molar-refractivity contribution < 1.29 is 15.0 Å². The maximum atomic E-state index is 12.5. The molecule has 1 fully saturated rings. The molecule has 112 valence electrons. The molecule has 2 N–H and O–H groups in total. The number of carbonyl (C=O) groups is 1. The van der Waals surface area contributed by atoms with Crippen molar-refractivity contribution in [2.45, 2.75) is 12.8 Å². The van der Waals surface area contributed by atoms with Crippen LogP contribution in [-0.4, -0.2) is 34.1 Å². The molecule has 1 aliphatic carbocycles. The number of carbonyl (C=O) groups excluding carboxylic acids is 1. The number of aliphatic hydroxyl groups excluding tert-OH is 2. The van der Waals surface area contributed by atoms with E-state index in [0.717, 1.165) is 12.0 Å². The van der Waals surface area contributed by atoms with Gasteiger partial charge in [0.25, 0.3) is 5.91 Å². The Balaban J connectivity index is 1.77. The van der Waals surface area contributed by atoms with E-state index in [2.05, 4.69) is 0 Å². The minimum Gasteiger partial charge on any atom is -0.508 e. The fraction of sp³-hybridized carbons (Fsp3) is 0.294. The summed E-state index contributed by atoms with van der Waals surface area (Å²) in [7, 11) is 0. The van der Waals surface area contributed by atoms with Crippen molar-refractivity contribution in [2.24, 2.45) is 5.92 Å². The average Bonchev–Trinajstić information content (AvgIpc) is 2.55. The van der Waals surface area contributed by atoms with Crippen molar-refractivity contribution >= 4 is 5.91 Å². The quantitative estimate of drug-likeness (QED) is 0.834. The SMILES string of the molecule is N#Cc1ccc(C(=O)N2CCC3CC(O)=C(O)C=C3C2)cc1. The maximum absolute atomic E-state index is 12.5. The van der Waals surface area contributed by atoms with Crippen LogP contribution in [-0.2, 0) is 0 Å². The molecular formula is C17H16N2O3. The van der Waals surface area contributed by atoms with Crippen LogP contribution in [0.4, 0.5) is 0 Å². The zero-order valence-electron chi connectivity index (χ0n) is 12.0. The van der Waals surface area contributed by atoms with Crippen LogP contribution in [0.25, 0.3) is 0 Å². The second-order valence-corrected chi connectivity index (χ2v) is 5.66. The number of rotatable bonds is 1. The van der Waals surface area contributed by atoms with Gasteiger partial charge >= 0.3 is 0 Å². The first-order valence-electron chi connectivity index (χ1n) is 7.19. The van der Waals surface area contributed by atoms with E-state index in [9.17, 15) is 15.0 Å². The summed E-state index contributed by atoms with van der Waals surface area (Å²) in [6.07, 6.45) is 2.78. The Morgan fingerprint density at radius 2 is 2.00 bits per heavy atom. The topological polar surface area (TPSA) is 84.6 Å². The Morgan fingerprint density at radius 3 is 2.68 bits per heavy atom. The number of fused-ring (bicyclic) bond motifs is 1. The van der Waals surface area contributed by atoms with E-state index < -0.39 is 0 Å². The lowest BCUT2D eigenvalue weighted by Gasteiger charge is -2.36. The summed E-state index contributed by atoms with van der Waals surface area (Å²) in [5.41, 5.74) is 2.05. The normalized spacial score (nSPS) is 21.0. The number of nitriles is 1. The molecule has 0 bridgehead atoms. The zero-order valence-corrected chi connectivity index (χ0v) is 12.0. The van der Waals surface area contributed by atoms with E-state index in [4.69, 9.17) is 5.26 Å². The van der Waals surface area contributed by atoms with E-state index in [1.54, 1.807) is 35.2 Å². The van der Waals surface area contributed by atoms with Crippen LogP contribution in [0.2, 0.25) is 0 Å². The molecule has 3 rings (SSSR count). The van der Waals surface area contributed by atoms with Crippen LogP contribution in [0.5, 0.6) is 0 Å². The second-order valence-electron chi connectivity index (χ2n) is 5.66. The van der Waals surface area contributed by atoms with Crippen LogP contribution in [0.15, 0.2) is 47.4 Å². The first-order valence-corrected chi connectivity index (χ1v) is 7.19. The highest BCUT2D eigenvalue weighted by Crippen LogP contribution is 2.33. The Labute approximate surface area is 128 Å². The van der Waals surface area contributed by atoms with Gasteiger partial charge in [-0.15, -0.1) is 0 Å². The number of likely N-dealkylation sites (tertiary alicyclic amines) is 1. The van der Waals surface area contributed by atoms with Gasteiger partial charge in [0.15, 0.2) is 5.76 Å². The van der Waals surface area contributed by atoms with Crippen molar-refractivity contribution in [2.75, 3.05) is 13.1 Å². The minimum atomic E-state index is -0.0982. The summed E-state index contributed by atoms with van der Waals surface area (Å²) < 4.78 is 0. The first-order chi connectivity index (χ1) is 10.6. The maximum Gasteiger partial charge on any atom is 0.254 e. The Kier molecular flexibility index (Phi) is 3.60. The zero-order chi connectivity index (χ0) is 15.7. The smallest absolute Gasteiger partial charge is 0.254 e. The first kappa shape index (κ1) is 14.2.